The van der Waals surface area contributed by atoms with E-state index >= 15 is 0 Å². The lowest BCUT2D eigenvalue weighted by Crippen LogP contribution is -2.33. The molecule has 0 fully saturated rings. The van der Waals surface area contributed by atoms with E-state index in [-0.39, 0.29) is 4.90 Å². The van der Waals surface area contributed by atoms with Crippen molar-refractivity contribution in [3.8, 4) is 0 Å². The van der Waals surface area contributed by atoms with Gasteiger partial charge in [-0.05, 0) is 25.9 Å². The molecule has 2 N–H and O–H groups in total. The van der Waals surface area contributed by atoms with Crippen LogP contribution in [0.5, 0.6) is 0 Å². The summed E-state index contributed by atoms with van der Waals surface area (Å²) in [7, 11) is -4.18. The van der Waals surface area contributed by atoms with E-state index in [0.717, 1.165) is 32.1 Å². The molecule has 122 valence electrons. The Kier molecular flexibility index (Phi) is 6.62. The number of nitrogens with one attached hydrogen (secondary N) is 2. The third-order valence-corrected chi connectivity index (χ3v) is 3.91. The molecule has 0 saturated carbocycles. The second-order valence-electron chi connectivity index (χ2n) is 4.48. The van der Waals surface area contributed by atoms with E-state index in [9.17, 15) is 21.6 Å². The zero-order valence-electron chi connectivity index (χ0n) is 11.7. The van der Waals surface area contributed by atoms with Crippen LogP contribution >= 0.6 is 0 Å². The van der Waals surface area contributed by atoms with Crippen LogP contribution in [0.2, 0.25) is 0 Å². The molecule has 1 rings (SSSR count). The summed E-state index contributed by atoms with van der Waals surface area (Å²) in [5, 5.41) is 7.02. The van der Waals surface area contributed by atoms with Gasteiger partial charge >= 0.3 is 6.18 Å². The van der Waals surface area contributed by atoms with Crippen LogP contribution in [0.15, 0.2) is 17.3 Å². The van der Waals surface area contributed by atoms with Crippen LogP contribution in [0.4, 0.5) is 13.2 Å². The van der Waals surface area contributed by atoms with Crippen LogP contribution in [-0.4, -0.2) is 44.0 Å². The number of aromatic nitrogens is 2. The Bertz CT molecular complexity index is 528. The topological polar surface area (TPSA) is 76.0 Å². The number of halogens is 3. The predicted octanol–water partition coefficient (Wildman–Crippen LogP) is 1.11. The molecule has 0 radical (unpaired) electrons. The first-order chi connectivity index (χ1) is 9.74. The van der Waals surface area contributed by atoms with Gasteiger partial charge in [0.2, 0.25) is 10.0 Å². The summed E-state index contributed by atoms with van der Waals surface area (Å²) in [6.07, 6.45) is -0.559. The van der Waals surface area contributed by atoms with Gasteiger partial charge in [0.05, 0.1) is 6.20 Å². The minimum absolute atomic E-state index is 0.270. The molecule has 1 heterocycles. The molecular weight excluding hydrogens is 309 g/mol. The van der Waals surface area contributed by atoms with Crippen LogP contribution in [-0.2, 0) is 16.6 Å². The van der Waals surface area contributed by atoms with Gasteiger partial charge in [0, 0.05) is 12.7 Å². The molecule has 1 aromatic heterocycles. The first-order valence-corrected chi connectivity index (χ1v) is 8.02. The van der Waals surface area contributed by atoms with Crippen molar-refractivity contribution < 1.29 is 21.6 Å². The van der Waals surface area contributed by atoms with E-state index in [1.165, 1.54) is 15.6 Å². The zero-order valence-corrected chi connectivity index (χ0v) is 12.5. The van der Waals surface area contributed by atoms with Crippen LogP contribution in [0.25, 0.3) is 0 Å². The fourth-order valence-corrected chi connectivity index (χ4v) is 2.50. The third kappa shape index (κ3) is 6.91. The Balaban J connectivity index is 2.49. The molecule has 0 unspecified atom stereocenters. The monoisotopic (exact) mass is 328 g/mol. The van der Waals surface area contributed by atoms with Crippen molar-refractivity contribution in [1.29, 1.82) is 0 Å². The molecule has 0 spiro atoms. The van der Waals surface area contributed by atoms with Crippen molar-refractivity contribution in [2.24, 2.45) is 0 Å². The molecular formula is C11H19F3N4O2S. The molecule has 0 aliphatic carbocycles. The van der Waals surface area contributed by atoms with E-state index < -0.39 is 22.7 Å². The van der Waals surface area contributed by atoms with E-state index in [4.69, 9.17) is 0 Å². The average molecular weight is 328 g/mol. The zero-order chi connectivity index (χ0) is 15.9. The Labute approximate surface area is 121 Å². The number of rotatable bonds is 9. The molecule has 6 nitrogen and oxygen atoms in total. The lowest BCUT2D eigenvalue weighted by molar-refractivity contribution is -0.121. The average Bonchev–Trinajstić information content (AvgIpc) is 2.85. The second-order valence-corrected chi connectivity index (χ2v) is 6.25. The van der Waals surface area contributed by atoms with Crippen LogP contribution < -0.4 is 10.0 Å². The minimum Gasteiger partial charge on any atom is -0.317 e. The lowest BCUT2D eigenvalue weighted by Gasteiger charge is -2.07. The summed E-state index contributed by atoms with van der Waals surface area (Å²) in [5.74, 6) is 0. The first-order valence-electron chi connectivity index (χ1n) is 6.54. The Morgan fingerprint density at radius 1 is 1.33 bits per heavy atom. The van der Waals surface area contributed by atoms with Gasteiger partial charge in [-0.15, -0.1) is 0 Å². The number of aryl methyl sites for hydroxylation is 1. The fraction of sp³-hybridized carbons (Fsp3) is 0.727. The molecule has 0 aromatic carbocycles. The van der Waals surface area contributed by atoms with Crippen molar-refractivity contribution in [3.05, 3.63) is 12.4 Å². The van der Waals surface area contributed by atoms with Crippen molar-refractivity contribution in [1.82, 2.24) is 19.8 Å². The van der Waals surface area contributed by atoms with E-state index in [1.807, 2.05) is 6.92 Å². The highest BCUT2D eigenvalue weighted by atomic mass is 32.2. The van der Waals surface area contributed by atoms with Crippen molar-refractivity contribution in [3.63, 3.8) is 0 Å². The standard InChI is InChI=1S/C11H19F3N4O2S/c1-2-4-15-5-3-6-18-8-10(7-16-18)21(19,20)17-9-11(12,13)14/h7-8,15,17H,2-6,9H2,1H3. The molecule has 0 saturated heterocycles. The van der Waals surface area contributed by atoms with Crippen LogP contribution in [0, 0.1) is 0 Å². The van der Waals surface area contributed by atoms with Crippen molar-refractivity contribution in [2.45, 2.75) is 37.4 Å². The summed E-state index contributed by atoms with van der Waals surface area (Å²) in [6.45, 7) is 2.61. The van der Waals surface area contributed by atoms with E-state index in [2.05, 4.69) is 10.4 Å². The predicted molar refractivity (Wildman–Crippen MR) is 71.2 cm³/mol. The highest BCUT2D eigenvalue weighted by Gasteiger charge is 2.30. The lowest BCUT2D eigenvalue weighted by atomic mass is 10.4. The van der Waals surface area contributed by atoms with Crippen molar-refractivity contribution >= 4 is 10.0 Å². The number of alkyl halides is 3. The highest BCUT2D eigenvalue weighted by Crippen LogP contribution is 2.15. The normalized spacial score (nSPS) is 12.8. The molecule has 0 aliphatic heterocycles. The fourth-order valence-electron chi connectivity index (χ4n) is 1.53. The maximum atomic E-state index is 12.0. The van der Waals surface area contributed by atoms with E-state index in [1.54, 1.807) is 0 Å². The number of hydrogen-bond acceptors (Lipinski definition) is 4. The SMILES string of the molecule is CCCNCCCn1cc(S(=O)(=O)NCC(F)(F)F)cn1. The van der Waals surface area contributed by atoms with Gasteiger partial charge in [0.15, 0.2) is 0 Å². The quantitative estimate of drug-likeness (QED) is 0.666. The highest BCUT2D eigenvalue weighted by molar-refractivity contribution is 7.89. The van der Waals surface area contributed by atoms with Gasteiger partial charge in [-0.3, -0.25) is 4.68 Å². The van der Waals surface area contributed by atoms with Gasteiger partial charge in [-0.2, -0.15) is 18.3 Å². The summed E-state index contributed by atoms with van der Waals surface area (Å²) in [4.78, 5) is -0.270. The van der Waals surface area contributed by atoms with Gasteiger partial charge < -0.3 is 5.32 Å². The van der Waals surface area contributed by atoms with Gasteiger partial charge in [-0.25, -0.2) is 13.1 Å². The summed E-state index contributed by atoms with van der Waals surface area (Å²) < 4.78 is 62.2. The Morgan fingerprint density at radius 2 is 2.05 bits per heavy atom. The maximum Gasteiger partial charge on any atom is 0.402 e. The molecule has 0 aliphatic rings. The molecule has 0 bridgehead atoms. The number of nitrogens with zero attached hydrogens (tertiary/aromatic N) is 2. The molecule has 0 amide bonds. The third-order valence-electron chi connectivity index (χ3n) is 2.55. The van der Waals surface area contributed by atoms with Gasteiger partial charge in [0.25, 0.3) is 0 Å². The summed E-state index contributed by atoms with van der Waals surface area (Å²) in [5.41, 5.74) is 0. The Morgan fingerprint density at radius 3 is 2.67 bits per heavy atom. The Hall–Kier alpha value is -1.13. The van der Waals surface area contributed by atoms with Gasteiger partial charge in [0.1, 0.15) is 11.4 Å². The largest absolute Gasteiger partial charge is 0.402 e. The molecule has 10 heteroatoms. The molecule has 0 atom stereocenters. The number of hydrogen-bond donors (Lipinski definition) is 2. The van der Waals surface area contributed by atoms with E-state index in [0.29, 0.717) is 6.54 Å². The van der Waals surface area contributed by atoms with Crippen LogP contribution in [0.3, 0.4) is 0 Å². The first kappa shape index (κ1) is 17.9. The summed E-state index contributed by atoms with van der Waals surface area (Å²) in [6, 6.07) is 0. The van der Waals surface area contributed by atoms with Crippen molar-refractivity contribution in [2.75, 3.05) is 19.6 Å². The maximum absolute atomic E-state index is 12.0. The number of sulfonamides is 1. The van der Waals surface area contributed by atoms with Gasteiger partial charge in [-0.1, -0.05) is 6.92 Å². The molecule has 21 heavy (non-hydrogen) atoms. The smallest absolute Gasteiger partial charge is 0.317 e. The minimum atomic E-state index is -4.59. The van der Waals surface area contributed by atoms with Crippen LogP contribution in [0.1, 0.15) is 19.8 Å². The second kappa shape index (κ2) is 7.76. The molecule has 1 aromatic rings. The summed E-state index contributed by atoms with van der Waals surface area (Å²) >= 11 is 0.